The van der Waals surface area contributed by atoms with Crippen molar-refractivity contribution in [1.82, 2.24) is 9.55 Å². The van der Waals surface area contributed by atoms with Crippen molar-refractivity contribution in [3.8, 4) is 0 Å². The first kappa shape index (κ1) is 8.77. The quantitative estimate of drug-likeness (QED) is 0.735. The molecule has 0 aromatic carbocycles. The van der Waals surface area contributed by atoms with Crippen LogP contribution in [0.5, 0.6) is 0 Å². The van der Waals surface area contributed by atoms with Gasteiger partial charge in [0.05, 0.1) is 18.4 Å². The van der Waals surface area contributed by atoms with E-state index in [4.69, 9.17) is 5.11 Å². The molecule has 1 aromatic heterocycles. The van der Waals surface area contributed by atoms with Gasteiger partial charge in [-0.25, -0.2) is 4.98 Å². The maximum absolute atomic E-state index is 10.3. The zero-order valence-electron chi connectivity index (χ0n) is 7.19. The Labute approximate surface area is 70.9 Å². The predicted octanol–water partition coefficient (Wildman–Crippen LogP) is 1.09. The smallest absolute Gasteiger partial charge is 0.309 e. The molecule has 0 atom stereocenters. The predicted molar refractivity (Wildman–Crippen MR) is 44.0 cm³/mol. The first-order chi connectivity index (χ1) is 5.59. The Kier molecular flexibility index (Phi) is 2.47. The summed E-state index contributed by atoms with van der Waals surface area (Å²) >= 11 is 0. The summed E-state index contributed by atoms with van der Waals surface area (Å²) in [5, 5.41) is 8.47. The molecule has 0 aliphatic rings. The number of imidazole rings is 1. The van der Waals surface area contributed by atoms with Crippen molar-refractivity contribution in [2.24, 2.45) is 0 Å². The van der Waals surface area contributed by atoms with E-state index in [1.54, 1.807) is 12.5 Å². The molecule has 4 heteroatoms. The summed E-state index contributed by atoms with van der Waals surface area (Å²) in [6, 6.07) is 0.333. The van der Waals surface area contributed by atoms with E-state index in [2.05, 4.69) is 4.98 Å². The fourth-order valence-corrected chi connectivity index (χ4v) is 0.908. The van der Waals surface area contributed by atoms with Gasteiger partial charge in [-0.1, -0.05) is 0 Å². The van der Waals surface area contributed by atoms with Crippen molar-refractivity contribution in [1.29, 1.82) is 0 Å². The molecular formula is C8H12N2O2. The Bertz CT molecular complexity index is 278. The molecular weight excluding hydrogens is 156 g/mol. The molecule has 0 saturated heterocycles. The van der Waals surface area contributed by atoms with Crippen LogP contribution >= 0.6 is 0 Å². The van der Waals surface area contributed by atoms with Crippen LogP contribution in [0.4, 0.5) is 0 Å². The van der Waals surface area contributed by atoms with Gasteiger partial charge in [0.1, 0.15) is 0 Å². The van der Waals surface area contributed by atoms with Gasteiger partial charge in [-0.15, -0.1) is 0 Å². The fraction of sp³-hybridized carbons (Fsp3) is 0.500. The summed E-state index contributed by atoms with van der Waals surface area (Å²) in [6.45, 7) is 4.04. The summed E-state index contributed by atoms with van der Waals surface area (Å²) in [7, 11) is 0. The summed E-state index contributed by atoms with van der Waals surface area (Å²) in [5.41, 5.74) is 0.608. The highest BCUT2D eigenvalue weighted by molar-refractivity contribution is 5.69. The van der Waals surface area contributed by atoms with Crippen LogP contribution < -0.4 is 0 Å². The zero-order valence-corrected chi connectivity index (χ0v) is 7.19. The van der Waals surface area contributed by atoms with Gasteiger partial charge in [-0.2, -0.15) is 0 Å². The normalized spacial score (nSPS) is 10.6. The number of carboxylic acid groups (broad SMARTS) is 1. The van der Waals surface area contributed by atoms with Crippen molar-refractivity contribution in [2.75, 3.05) is 0 Å². The Morgan fingerprint density at radius 2 is 2.42 bits per heavy atom. The van der Waals surface area contributed by atoms with Crippen molar-refractivity contribution >= 4 is 5.97 Å². The first-order valence-corrected chi connectivity index (χ1v) is 3.83. The third-order valence-electron chi connectivity index (χ3n) is 1.58. The summed E-state index contributed by atoms with van der Waals surface area (Å²) in [6.07, 6.45) is 3.42. The van der Waals surface area contributed by atoms with Gasteiger partial charge in [0, 0.05) is 12.2 Å². The van der Waals surface area contributed by atoms with Gasteiger partial charge in [-0.3, -0.25) is 4.79 Å². The van der Waals surface area contributed by atoms with Gasteiger partial charge in [-0.05, 0) is 13.8 Å². The molecule has 0 unspecified atom stereocenters. The van der Waals surface area contributed by atoms with Crippen LogP contribution in [0, 0.1) is 0 Å². The number of nitrogens with zero attached hydrogens (tertiary/aromatic N) is 2. The molecule has 66 valence electrons. The number of aliphatic carboxylic acids is 1. The molecule has 0 aliphatic carbocycles. The lowest BCUT2D eigenvalue weighted by molar-refractivity contribution is -0.136. The van der Waals surface area contributed by atoms with Gasteiger partial charge >= 0.3 is 5.97 Å². The summed E-state index contributed by atoms with van der Waals surface area (Å²) in [5.74, 6) is -0.844. The number of aromatic nitrogens is 2. The van der Waals surface area contributed by atoms with E-state index in [1.807, 2.05) is 18.4 Å². The second-order valence-electron chi connectivity index (χ2n) is 2.98. The molecule has 1 heterocycles. The standard InChI is InChI=1S/C8H12N2O2/c1-6(2)10-4-7(9-5-10)3-8(11)12/h4-6H,3H2,1-2H3,(H,11,12). The first-order valence-electron chi connectivity index (χ1n) is 3.83. The second kappa shape index (κ2) is 3.38. The minimum atomic E-state index is -0.844. The molecule has 1 aromatic rings. The van der Waals surface area contributed by atoms with E-state index in [-0.39, 0.29) is 6.42 Å². The fourth-order valence-electron chi connectivity index (χ4n) is 0.908. The molecule has 1 rings (SSSR count). The molecule has 0 bridgehead atoms. The summed E-state index contributed by atoms with van der Waals surface area (Å²) in [4.78, 5) is 14.3. The molecule has 0 saturated carbocycles. The van der Waals surface area contributed by atoms with Gasteiger partial charge < -0.3 is 9.67 Å². The maximum Gasteiger partial charge on any atom is 0.309 e. The molecule has 0 spiro atoms. The van der Waals surface area contributed by atoms with E-state index in [1.165, 1.54) is 0 Å². The van der Waals surface area contributed by atoms with Crippen LogP contribution in [0.25, 0.3) is 0 Å². The second-order valence-corrected chi connectivity index (χ2v) is 2.98. The number of carboxylic acids is 1. The number of hydrogen-bond acceptors (Lipinski definition) is 2. The zero-order chi connectivity index (χ0) is 9.14. The minimum Gasteiger partial charge on any atom is -0.481 e. The third-order valence-corrected chi connectivity index (χ3v) is 1.58. The highest BCUT2D eigenvalue weighted by atomic mass is 16.4. The Hall–Kier alpha value is -1.32. The molecule has 0 radical (unpaired) electrons. The SMILES string of the molecule is CC(C)n1cnc(CC(=O)O)c1. The van der Waals surface area contributed by atoms with Crippen LogP contribution in [0.3, 0.4) is 0 Å². The van der Waals surface area contributed by atoms with E-state index in [0.717, 1.165) is 0 Å². The lowest BCUT2D eigenvalue weighted by atomic mass is 10.3. The van der Waals surface area contributed by atoms with Gasteiger partial charge in [0.2, 0.25) is 0 Å². The van der Waals surface area contributed by atoms with Crippen LogP contribution in [0.15, 0.2) is 12.5 Å². The van der Waals surface area contributed by atoms with Crippen LogP contribution in [-0.2, 0) is 11.2 Å². The maximum atomic E-state index is 10.3. The Balaban J connectivity index is 2.70. The van der Waals surface area contributed by atoms with Crippen LogP contribution in [0.1, 0.15) is 25.6 Å². The van der Waals surface area contributed by atoms with Crippen molar-refractivity contribution < 1.29 is 9.90 Å². The molecule has 0 aliphatic heterocycles. The third kappa shape index (κ3) is 2.08. The van der Waals surface area contributed by atoms with Crippen LogP contribution in [0.2, 0.25) is 0 Å². The molecule has 1 N–H and O–H groups in total. The monoisotopic (exact) mass is 168 g/mol. The Morgan fingerprint density at radius 3 is 2.83 bits per heavy atom. The lowest BCUT2D eigenvalue weighted by Gasteiger charge is -2.03. The van der Waals surface area contributed by atoms with E-state index in [0.29, 0.717) is 11.7 Å². The van der Waals surface area contributed by atoms with Gasteiger partial charge in [0.25, 0.3) is 0 Å². The average Bonchev–Trinajstić information content (AvgIpc) is 2.34. The highest BCUT2D eigenvalue weighted by Crippen LogP contribution is 2.05. The number of carbonyl (C=O) groups is 1. The molecule has 0 amide bonds. The van der Waals surface area contributed by atoms with Gasteiger partial charge in [0.15, 0.2) is 0 Å². The van der Waals surface area contributed by atoms with Crippen molar-refractivity contribution in [3.63, 3.8) is 0 Å². The van der Waals surface area contributed by atoms with E-state index >= 15 is 0 Å². The molecule has 0 fully saturated rings. The lowest BCUT2D eigenvalue weighted by Crippen LogP contribution is -2.00. The largest absolute Gasteiger partial charge is 0.481 e. The van der Waals surface area contributed by atoms with E-state index in [9.17, 15) is 4.79 Å². The van der Waals surface area contributed by atoms with Crippen molar-refractivity contribution in [3.05, 3.63) is 18.2 Å². The molecule has 12 heavy (non-hydrogen) atoms. The molecule has 4 nitrogen and oxygen atoms in total. The number of rotatable bonds is 3. The summed E-state index contributed by atoms with van der Waals surface area (Å²) < 4.78 is 1.89. The topological polar surface area (TPSA) is 55.1 Å². The Morgan fingerprint density at radius 1 is 1.75 bits per heavy atom. The minimum absolute atomic E-state index is 0.000278. The van der Waals surface area contributed by atoms with Crippen LogP contribution in [-0.4, -0.2) is 20.6 Å². The average molecular weight is 168 g/mol. The highest BCUT2D eigenvalue weighted by Gasteiger charge is 2.04. The van der Waals surface area contributed by atoms with E-state index < -0.39 is 5.97 Å². The van der Waals surface area contributed by atoms with Crippen molar-refractivity contribution in [2.45, 2.75) is 26.3 Å². The number of hydrogen-bond donors (Lipinski definition) is 1.